The van der Waals surface area contributed by atoms with Crippen molar-refractivity contribution in [3.05, 3.63) is 37.2 Å². The third-order valence-corrected chi connectivity index (χ3v) is 1.20. The van der Waals surface area contributed by atoms with E-state index in [1.54, 1.807) is 24.6 Å². The average molecular weight is 189 g/mol. The largest absolute Gasteiger partial charge is 0.251 e. The first-order chi connectivity index (χ1) is 6.88. The Balaban J connectivity index is 0.000000791. The lowest BCUT2D eigenvalue weighted by molar-refractivity contribution is 1.38. The number of aliphatic imine (C=N–C) groups is 3. The van der Waals surface area contributed by atoms with Crippen LogP contribution in [0.15, 0.2) is 52.2 Å². The number of allylic oxidation sites excluding steroid dienone is 2. The third-order valence-electron chi connectivity index (χ3n) is 1.20. The van der Waals surface area contributed by atoms with Crippen LogP contribution in [0.5, 0.6) is 0 Å². The molecule has 1 rings (SSSR count). The fraction of sp³-hybridized carbons (Fsp3) is 0.182. The van der Waals surface area contributed by atoms with Gasteiger partial charge in [0.1, 0.15) is 5.70 Å². The second-order valence-corrected chi connectivity index (χ2v) is 1.98. The van der Waals surface area contributed by atoms with Gasteiger partial charge in [-0.1, -0.05) is 33.1 Å². The molecule has 3 nitrogen and oxygen atoms in total. The highest BCUT2D eigenvalue weighted by Gasteiger charge is 2.03. The summed E-state index contributed by atoms with van der Waals surface area (Å²) < 4.78 is 0. The van der Waals surface area contributed by atoms with Crippen LogP contribution < -0.4 is 0 Å². The maximum atomic E-state index is 4.06. The third kappa shape index (κ3) is 3.76. The number of nitrogens with zero attached hydrogens (tertiary/aromatic N) is 3. The van der Waals surface area contributed by atoms with Crippen LogP contribution in [-0.2, 0) is 0 Å². The van der Waals surface area contributed by atoms with Gasteiger partial charge in [-0.3, -0.25) is 4.99 Å². The molecule has 1 aliphatic heterocycles. The Morgan fingerprint density at radius 3 is 2.43 bits per heavy atom. The average Bonchev–Trinajstić information content (AvgIpc) is 2.25. The van der Waals surface area contributed by atoms with E-state index in [0.29, 0.717) is 11.5 Å². The molecule has 0 aromatic rings. The summed E-state index contributed by atoms with van der Waals surface area (Å²) in [5, 5.41) is 0. The quantitative estimate of drug-likeness (QED) is 0.640. The Morgan fingerprint density at radius 1 is 1.21 bits per heavy atom. The van der Waals surface area contributed by atoms with Crippen molar-refractivity contribution in [1.82, 2.24) is 0 Å². The molecule has 3 heteroatoms. The lowest BCUT2D eigenvalue weighted by atomic mass is 10.3. The van der Waals surface area contributed by atoms with Gasteiger partial charge in [0.25, 0.3) is 0 Å². The molecule has 0 spiro atoms. The zero-order chi connectivity index (χ0) is 10.8. The molecule has 1 aliphatic rings. The van der Waals surface area contributed by atoms with E-state index in [4.69, 9.17) is 0 Å². The molecule has 0 fully saturated rings. The van der Waals surface area contributed by atoms with Gasteiger partial charge < -0.3 is 0 Å². The van der Waals surface area contributed by atoms with E-state index in [2.05, 4.69) is 28.1 Å². The zero-order valence-corrected chi connectivity index (χ0v) is 8.64. The van der Waals surface area contributed by atoms with Gasteiger partial charge in [0, 0.05) is 18.6 Å². The molecule has 0 aliphatic carbocycles. The van der Waals surface area contributed by atoms with Crippen LogP contribution in [0.1, 0.15) is 13.8 Å². The molecule has 1 heterocycles. The summed E-state index contributed by atoms with van der Waals surface area (Å²) in [4.78, 5) is 12.0. The van der Waals surface area contributed by atoms with E-state index in [-0.39, 0.29) is 0 Å². The molecule has 0 aromatic carbocycles. The molecular formula is C11H15N3. The molecule has 0 saturated heterocycles. The highest BCUT2D eigenvalue weighted by molar-refractivity contribution is 6.24. The van der Waals surface area contributed by atoms with Crippen molar-refractivity contribution in [3.63, 3.8) is 0 Å². The minimum atomic E-state index is 0.562. The zero-order valence-electron chi connectivity index (χ0n) is 8.64. The summed E-state index contributed by atoms with van der Waals surface area (Å²) >= 11 is 0. The summed E-state index contributed by atoms with van der Waals surface area (Å²) in [5.74, 6) is 0.562. The number of rotatable bonds is 2. The molecule has 0 unspecified atom stereocenters. The molecule has 14 heavy (non-hydrogen) atoms. The van der Waals surface area contributed by atoms with Gasteiger partial charge in [0.15, 0.2) is 5.84 Å². The lowest BCUT2D eigenvalue weighted by Crippen LogP contribution is -2.03. The number of hydrogen-bond acceptors (Lipinski definition) is 2. The van der Waals surface area contributed by atoms with Crippen LogP contribution in [0.3, 0.4) is 0 Å². The predicted molar refractivity (Wildman–Crippen MR) is 64.2 cm³/mol. The minimum absolute atomic E-state index is 0.562. The van der Waals surface area contributed by atoms with Crippen molar-refractivity contribution in [2.24, 2.45) is 15.0 Å². The van der Waals surface area contributed by atoms with Gasteiger partial charge in [-0.15, -0.1) is 0 Å². The SMILES string of the molecule is C=C/C=C1/N=CC=NC1=NC=C.CC. The van der Waals surface area contributed by atoms with Crippen LogP contribution in [0.25, 0.3) is 0 Å². The van der Waals surface area contributed by atoms with Crippen LogP contribution in [-0.4, -0.2) is 18.3 Å². The molecule has 74 valence electrons. The molecular weight excluding hydrogens is 174 g/mol. The summed E-state index contributed by atoms with van der Waals surface area (Å²) in [6.07, 6.45) is 8.02. The Kier molecular flexibility index (Phi) is 6.86. The second-order valence-electron chi connectivity index (χ2n) is 1.98. The molecule has 0 aromatic heterocycles. The molecule has 0 atom stereocenters. The maximum absolute atomic E-state index is 4.06. The Labute approximate surface area is 85.0 Å². The van der Waals surface area contributed by atoms with E-state index in [0.717, 1.165) is 0 Å². The van der Waals surface area contributed by atoms with Crippen LogP contribution in [0, 0.1) is 0 Å². The first kappa shape index (κ1) is 12.2. The van der Waals surface area contributed by atoms with Crippen molar-refractivity contribution in [2.45, 2.75) is 13.8 Å². The molecule has 0 amide bonds. The Hall–Kier alpha value is -1.77. The molecule has 0 N–H and O–H groups in total. The van der Waals surface area contributed by atoms with Gasteiger partial charge in [-0.2, -0.15) is 0 Å². The minimum Gasteiger partial charge on any atom is -0.251 e. The van der Waals surface area contributed by atoms with E-state index in [9.17, 15) is 0 Å². The van der Waals surface area contributed by atoms with E-state index in [1.807, 2.05) is 13.8 Å². The summed E-state index contributed by atoms with van der Waals surface area (Å²) in [5.41, 5.74) is 0.701. The highest BCUT2D eigenvalue weighted by atomic mass is 15.0. The van der Waals surface area contributed by atoms with Gasteiger partial charge in [-0.05, 0) is 6.08 Å². The van der Waals surface area contributed by atoms with Crippen molar-refractivity contribution >= 4 is 18.3 Å². The fourth-order valence-electron chi connectivity index (χ4n) is 0.757. The fourth-order valence-corrected chi connectivity index (χ4v) is 0.757. The van der Waals surface area contributed by atoms with E-state index in [1.165, 1.54) is 6.20 Å². The lowest BCUT2D eigenvalue weighted by Gasteiger charge is -2.01. The van der Waals surface area contributed by atoms with Gasteiger partial charge in [0.05, 0.1) is 0 Å². The van der Waals surface area contributed by atoms with Crippen molar-refractivity contribution in [3.8, 4) is 0 Å². The van der Waals surface area contributed by atoms with Gasteiger partial charge in [-0.25, -0.2) is 9.98 Å². The summed E-state index contributed by atoms with van der Waals surface area (Å²) in [7, 11) is 0. The smallest absolute Gasteiger partial charge is 0.178 e. The van der Waals surface area contributed by atoms with Gasteiger partial charge in [0.2, 0.25) is 0 Å². The normalized spacial score (nSPS) is 19.0. The molecule has 0 bridgehead atoms. The summed E-state index contributed by atoms with van der Waals surface area (Å²) in [6.45, 7) is 11.0. The standard InChI is InChI=1S/C9H9N3.C2H6/c1-3-5-8-9(10-4-2)12-7-6-11-8;1-2/h3-7H,1-2H2;1-2H3/b8-5+,10-9?;. The molecule has 0 radical (unpaired) electrons. The van der Waals surface area contributed by atoms with Gasteiger partial charge >= 0.3 is 0 Å². The molecule has 0 saturated carbocycles. The van der Waals surface area contributed by atoms with Crippen LogP contribution in [0.4, 0.5) is 0 Å². The van der Waals surface area contributed by atoms with Crippen molar-refractivity contribution < 1.29 is 0 Å². The first-order valence-electron chi connectivity index (χ1n) is 4.47. The van der Waals surface area contributed by atoms with Crippen molar-refractivity contribution in [2.75, 3.05) is 0 Å². The number of amidine groups is 1. The maximum Gasteiger partial charge on any atom is 0.178 e. The second kappa shape index (κ2) is 7.86. The van der Waals surface area contributed by atoms with Crippen molar-refractivity contribution in [1.29, 1.82) is 0 Å². The van der Waals surface area contributed by atoms with E-state index < -0.39 is 0 Å². The first-order valence-corrected chi connectivity index (χ1v) is 4.47. The predicted octanol–water partition coefficient (Wildman–Crippen LogP) is 2.78. The van der Waals surface area contributed by atoms with Crippen LogP contribution in [0.2, 0.25) is 0 Å². The number of hydrogen-bond donors (Lipinski definition) is 0. The summed E-state index contributed by atoms with van der Waals surface area (Å²) in [6, 6.07) is 0. The van der Waals surface area contributed by atoms with E-state index >= 15 is 0 Å². The highest BCUT2D eigenvalue weighted by Crippen LogP contribution is 2.04. The van der Waals surface area contributed by atoms with Crippen LogP contribution >= 0.6 is 0 Å². The Morgan fingerprint density at radius 2 is 1.86 bits per heavy atom. The topological polar surface area (TPSA) is 37.1 Å². The monoisotopic (exact) mass is 189 g/mol. The Bertz CT molecular complexity index is 274.